The topological polar surface area (TPSA) is 39.1 Å². The molecule has 3 nitrogen and oxygen atoms in total. The second kappa shape index (κ2) is 3.98. The highest BCUT2D eigenvalue weighted by Crippen LogP contribution is 2.14. The molecule has 1 aromatic heterocycles. The van der Waals surface area contributed by atoms with Gasteiger partial charge in [0.25, 0.3) is 10.0 Å². The van der Waals surface area contributed by atoms with E-state index in [2.05, 4.69) is 6.58 Å². The fraction of sp³-hybridized carbons (Fsp3) is 0. The Labute approximate surface area is 94.7 Å². The molecular formula is C12H11NO2S. The highest BCUT2D eigenvalue weighted by Gasteiger charge is 2.15. The number of hydrogen-bond donors (Lipinski definition) is 0. The first kappa shape index (κ1) is 10.7. The van der Waals surface area contributed by atoms with Gasteiger partial charge in [-0.25, -0.2) is 12.4 Å². The van der Waals surface area contributed by atoms with Crippen LogP contribution in [-0.4, -0.2) is 12.4 Å². The minimum atomic E-state index is -3.46. The van der Waals surface area contributed by atoms with Gasteiger partial charge in [0.1, 0.15) is 0 Å². The zero-order valence-electron chi connectivity index (χ0n) is 8.58. The molecule has 0 unspecified atom stereocenters. The monoisotopic (exact) mass is 233 g/mol. The molecule has 0 saturated heterocycles. The average molecular weight is 233 g/mol. The number of hydrogen-bond acceptors (Lipinski definition) is 2. The summed E-state index contributed by atoms with van der Waals surface area (Å²) in [7, 11) is -3.46. The van der Waals surface area contributed by atoms with E-state index in [1.807, 2.05) is 0 Å². The van der Waals surface area contributed by atoms with E-state index < -0.39 is 10.0 Å². The molecule has 1 heterocycles. The Morgan fingerprint density at radius 1 is 1.12 bits per heavy atom. The van der Waals surface area contributed by atoms with Gasteiger partial charge in [-0.3, -0.25) is 0 Å². The number of aromatic nitrogens is 1. The molecule has 2 rings (SSSR count). The summed E-state index contributed by atoms with van der Waals surface area (Å²) >= 11 is 0. The quantitative estimate of drug-likeness (QED) is 0.816. The second-order valence-electron chi connectivity index (χ2n) is 3.30. The Morgan fingerprint density at radius 3 is 2.38 bits per heavy atom. The van der Waals surface area contributed by atoms with Gasteiger partial charge in [-0.1, -0.05) is 30.9 Å². The van der Waals surface area contributed by atoms with Gasteiger partial charge >= 0.3 is 0 Å². The van der Waals surface area contributed by atoms with Gasteiger partial charge in [0.15, 0.2) is 0 Å². The molecule has 2 aromatic rings. The van der Waals surface area contributed by atoms with Gasteiger partial charge in [0.05, 0.1) is 4.90 Å². The van der Waals surface area contributed by atoms with Crippen LogP contribution in [0.4, 0.5) is 0 Å². The van der Waals surface area contributed by atoms with Gasteiger partial charge in [-0.05, 0) is 23.8 Å². The van der Waals surface area contributed by atoms with Gasteiger partial charge in [0, 0.05) is 12.4 Å². The van der Waals surface area contributed by atoms with Crippen molar-refractivity contribution >= 4 is 16.1 Å². The maximum absolute atomic E-state index is 12.1. The minimum absolute atomic E-state index is 0.279. The van der Waals surface area contributed by atoms with E-state index in [1.54, 1.807) is 42.5 Å². The SMILES string of the molecule is C=Cc1ccn(S(=O)(=O)c2ccccc2)c1. The fourth-order valence-electron chi connectivity index (χ4n) is 1.38. The average Bonchev–Trinajstić information content (AvgIpc) is 2.79. The summed E-state index contributed by atoms with van der Waals surface area (Å²) in [5, 5.41) is 0. The molecule has 0 amide bonds. The summed E-state index contributed by atoms with van der Waals surface area (Å²) < 4.78 is 25.4. The molecule has 16 heavy (non-hydrogen) atoms. The van der Waals surface area contributed by atoms with Gasteiger partial charge < -0.3 is 0 Å². The minimum Gasteiger partial charge on any atom is -0.248 e. The summed E-state index contributed by atoms with van der Waals surface area (Å²) in [4.78, 5) is 0.279. The largest absolute Gasteiger partial charge is 0.267 e. The Kier molecular flexibility index (Phi) is 2.66. The third-order valence-corrected chi connectivity index (χ3v) is 3.89. The Bertz CT molecular complexity index is 597. The van der Waals surface area contributed by atoms with Crippen LogP contribution in [0.2, 0.25) is 0 Å². The molecule has 0 spiro atoms. The third kappa shape index (κ3) is 1.79. The van der Waals surface area contributed by atoms with E-state index in [4.69, 9.17) is 0 Å². The molecule has 0 fully saturated rings. The predicted molar refractivity (Wildman–Crippen MR) is 63.5 cm³/mol. The van der Waals surface area contributed by atoms with Crippen LogP contribution >= 0.6 is 0 Å². The first-order valence-electron chi connectivity index (χ1n) is 4.75. The van der Waals surface area contributed by atoms with Gasteiger partial charge in [0.2, 0.25) is 0 Å². The molecule has 0 atom stereocenters. The third-order valence-electron chi connectivity index (χ3n) is 2.24. The second-order valence-corrected chi connectivity index (χ2v) is 5.14. The lowest BCUT2D eigenvalue weighted by molar-refractivity contribution is 0.587. The van der Waals surface area contributed by atoms with Crippen molar-refractivity contribution in [3.63, 3.8) is 0 Å². The van der Waals surface area contributed by atoms with E-state index in [9.17, 15) is 8.42 Å². The standard InChI is InChI=1S/C12H11NO2S/c1-2-11-8-9-13(10-11)16(14,15)12-6-4-3-5-7-12/h2-10H,1H2. The molecule has 1 aromatic carbocycles. The summed E-state index contributed by atoms with van der Waals surface area (Å²) in [5.41, 5.74) is 0.777. The first-order chi connectivity index (χ1) is 7.64. The first-order valence-corrected chi connectivity index (χ1v) is 6.19. The van der Waals surface area contributed by atoms with Crippen molar-refractivity contribution in [1.29, 1.82) is 0 Å². The molecule has 0 bridgehead atoms. The van der Waals surface area contributed by atoms with Crippen molar-refractivity contribution in [1.82, 2.24) is 3.97 Å². The van der Waals surface area contributed by atoms with Crippen molar-refractivity contribution in [2.24, 2.45) is 0 Å². The molecule has 0 saturated carbocycles. The van der Waals surface area contributed by atoms with E-state index >= 15 is 0 Å². The Balaban J connectivity index is 2.51. The van der Waals surface area contributed by atoms with Crippen LogP contribution < -0.4 is 0 Å². The summed E-state index contributed by atoms with van der Waals surface area (Å²) in [6.45, 7) is 3.59. The maximum Gasteiger partial charge on any atom is 0.267 e. The Hall–Kier alpha value is -1.81. The van der Waals surface area contributed by atoms with Crippen molar-refractivity contribution in [2.45, 2.75) is 4.90 Å². The van der Waals surface area contributed by atoms with Crippen LogP contribution in [0.3, 0.4) is 0 Å². The summed E-state index contributed by atoms with van der Waals surface area (Å²) in [6, 6.07) is 10.0. The normalized spacial score (nSPS) is 11.2. The number of nitrogens with zero attached hydrogens (tertiary/aromatic N) is 1. The van der Waals surface area contributed by atoms with Crippen LogP contribution in [0, 0.1) is 0 Å². The molecule has 0 aliphatic carbocycles. The van der Waals surface area contributed by atoms with Crippen molar-refractivity contribution in [3.8, 4) is 0 Å². The molecule has 4 heteroatoms. The Morgan fingerprint density at radius 2 is 1.81 bits per heavy atom. The molecule has 0 aliphatic rings. The summed E-state index contributed by atoms with van der Waals surface area (Å²) in [5.74, 6) is 0. The van der Waals surface area contributed by atoms with E-state index in [0.717, 1.165) is 5.56 Å². The fourth-order valence-corrected chi connectivity index (χ4v) is 2.60. The van der Waals surface area contributed by atoms with Crippen LogP contribution in [-0.2, 0) is 10.0 Å². The lowest BCUT2D eigenvalue weighted by Crippen LogP contribution is -2.10. The van der Waals surface area contributed by atoms with Crippen molar-refractivity contribution < 1.29 is 8.42 Å². The molecule has 0 radical (unpaired) electrons. The molecular weight excluding hydrogens is 222 g/mol. The van der Waals surface area contributed by atoms with Gasteiger partial charge in [-0.15, -0.1) is 0 Å². The van der Waals surface area contributed by atoms with Crippen LogP contribution in [0.15, 0.2) is 60.3 Å². The van der Waals surface area contributed by atoms with Crippen molar-refractivity contribution in [2.75, 3.05) is 0 Å². The van der Waals surface area contributed by atoms with Crippen molar-refractivity contribution in [3.05, 3.63) is 60.9 Å². The highest BCUT2D eigenvalue weighted by atomic mass is 32.2. The van der Waals surface area contributed by atoms with Crippen LogP contribution in [0.25, 0.3) is 6.08 Å². The maximum atomic E-state index is 12.1. The van der Waals surface area contributed by atoms with Gasteiger partial charge in [-0.2, -0.15) is 0 Å². The number of benzene rings is 1. The lowest BCUT2D eigenvalue weighted by Gasteiger charge is -2.04. The van der Waals surface area contributed by atoms with E-state index in [0.29, 0.717) is 0 Å². The predicted octanol–water partition coefficient (Wildman–Crippen LogP) is 2.37. The number of rotatable bonds is 3. The lowest BCUT2D eigenvalue weighted by atomic mass is 10.3. The van der Waals surface area contributed by atoms with E-state index in [1.165, 1.54) is 16.4 Å². The zero-order valence-corrected chi connectivity index (χ0v) is 9.39. The smallest absolute Gasteiger partial charge is 0.248 e. The highest BCUT2D eigenvalue weighted by molar-refractivity contribution is 7.90. The van der Waals surface area contributed by atoms with Crippen LogP contribution in [0.5, 0.6) is 0 Å². The molecule has 82 valence electrons. The zero-order chi connectivity index (χ0) is 11.6. The molecule has 0 N–H and O–H groups in total. The summed E-state index contributed by atoms with van der Waals surface area (Å²) in [6.07, 6.45) is 4.66. The van der Waals surface area contributed by atoms with E-state index in [-0.39, 0.29) is 4.90 Å². The van der Waals surface area contributed by atoms with Crippen LogP contribution in [0.1, 0.15) is 5.56 Å². The molecule has 0 aliphatic heterocycles.